The molecule has 1 saturated carbocycles. The molecule has 0 atom stereocenters. The summed E-state index contributed by atoms with van der Waals surface area (Å²) in [6.07, 6.45) is 4.90. The van der Waals surface area contributed by atoms with Crippen molar-refractivity contribution in [1.82, 2.24) is 5.32 Å². The van der Waals surface area contributed by atoms with Crippen LogP contribution in [0.1, 0.15) is 36.8 Å². The number of aliphatic imine (C=N–C) groups is 1. The van der Waals surface area contributed by atoms with Gasteiger partial charge in [0, 0.05) is 6.54 Å². The summed E-state index contributed by atoms with van der Waals surface area (Å²) >= 11 is 0. The van der Waals surface area contributed by atoms with E-state index in [0.29, 0.717) is 30.5 Å². The number of methoxy groups -OCH3 is 3. The molecule has 2 aromatic carbocycles. The molecule has 0 bridgehead atoms. The summed E-state index contributed by atoms with van der Waals surface area (Å²) < 4.78 is 22.2. The molecule has 0 aromatic heterocycles. The second kappa shape index (κ2) is 12.5. The minimum absolute atomic E-state index is 0. The number of guanidine groups is 1. The highest BCUT2D eigenvalue weighted by atomic mass is 127. The number of nitrogens with zero attached hydrogens (tertiary/aromatic N) is 1. The lowest BCUT2D eigenvalue weighted by atomic mass is 10.2. The lowest BCUT2D eigenvalue weighted by Gasteiger charge is -2.16. The first-order chi connectivity index (χ1) is 14.6. The maximum atomic E-state index is 6.15. The van der Waals surface area contributed by atoms with Crippen LogP contribution in [0.2, 0.25) is 0 Å². The molecule has 0 saturated heterocycles. The predicted octanol–water partition coefficient (Wildman–Crippen LogP) is 4.26. The van der Waals surface area contributed by atoms with Gasteiger partial charge in [-0.3, -0.25) is 0 Å². The number of hydrogen-bond acceptors (Lipinski definition) is 5. The smallest absolute Gasteiger partial charge is 0.189 e. The molecule has 0 amide bonds. The number of rotatable bonds is 9. The summed E-state index contributed by atoms with van der Waals surface area (Å²) in [5.41, 5.74) is 8.08. The third kappa shape index (κ3) is 7.09. The molecule has 0 unspecified atom stereocenters. The first-order valence-electron chi connectivity index (χ1n) is 10.2. The predicted molar refractivity (Wildman–Crippen MR) is 133 cm³/mol. The Morgan fingerprint density at radius 3 is 2.13 bits per heavy atom. The van der Waals surface area contributed by atoms with Gasteiger partial charge in [-0.05, 0) is 61.1 Å². The Morgan fingerprint density at radius 1 is 0.903 bits per heavy atom. The van der Waals surface area contributed by atoms with Crippen LogP contribution in [0.4, 0.5) is 0 Å². The second-order valence-corrected chi connectivity index (χ2v) is 7.25. The molecular formula is C23H32IN3O4. The number of benzene rings is 2. The van der Waals surface area contributed by atoms with Crippen molar-refractivity contribution >= 4 is 29.9 Å². The Kier molecular flexibility index (Phi) is 10.0. The van der Waals surface area contributed by atoms with Crippen LogP contribution in [0.15, 0.2) is 41.4 Å². The van der Waals surface area contributed by atoms with Gasteiger partial charge in [-0.15, -0.1) is 24.0 Å². The molecule has 2 aromatic rings. The molecule has 1 fully saturated rings. The van der Waals surface area contributed by atoms with Crippen LogP contribution in [-0.4, -0.2) is 33.4 Å². The Balaban J connectivity index is 0.00000341. The maximum Gasteiger partial charge on any atom is 0.189 e. The number of ether oxygens (including phenoxy) is 4. The number of nitrogens with two attached hydrogens (primary N) is 1. The van der Waals surface area contributed by atoms with Gasteiger partial charge in [0.1, 0.15) is 0 Å². The highest BCUT2D eigenvalue weighted by Gasteiger charge is 2.18. The molecular weight excluding hydrogens is 509 g/mol. The normalized spacial score (nSPS) is 14.0. The third-order valence-corrected chi connectivity index (χ3v) is 5.18. The van der Waals surface area contributed by atoms with Crippen LogP contribution >= 0.6 is 24.0 Å². The number of hydrogen-bond donors (Lipinski definition) is 2. The van der Waals surface area contributed by atoms with Crippen molar-refractivity contribution in [1.29, 1.82) is 0 Å². The standard InChI is InChI=1S/C23H31N3O4.HI/c1-27-19-10-8-16(12-21(19)29-3)14-25-23(24)26-15-17-9-11-20(28-2)22(13-17)30-18-6-4-5-7-18;/h8-13,18H,4-7,14-15H2,1-3H3,(H3,24,25,26);1H. The van der Waals surface area contributed by atoms with Gasteiger partial charge in [0.15, 0.2) is 29.0 Å². The Bertz CT molecular complexity index is 870. The topological polar surface area (TPSA) is 87.3 Å². The van der Waals surface area contributed by atoms with E-state index in [1.165, 1.54) is 12.8 Å². The molecule has 7 nitrogen and oxygen atoms in total. The first-order valence-corrected chi connectivity index (χ1v) is 10.2. The summed E-state index contributed by atoms with van der Waals surface area (Å²) in [5.74, 6) is 3.26. The average molecular weight is 541 g/mol. The Hall–Kier alpha value is -2.36. The minimum atomic E-state index is 0. The van der Waals surface area contributed by atoms with Gasteiger partial charge in [-0.2, -0.15) is 0 Å². The molecule has 0 heterocycles. The molecule has 1 aliphatic rings. The molecule has 0 spiro atoms. The number of nitrogens with one attached hydrogen (secondary N) is 1. The molecule has 170 valence electrons. The highest BCUT2D eigenvalue weighted by Crippen LogP contribution is 2.32. The van der Waals surface area contributed by atoms with E-state index in [9.17, 15) is 0 Å². The lowest BCUT2D eigenvalue weighted by molar-refractivity contribution is 0.200. The van der Waals surface area contributed by atoms with Gasteiger partial charge in [0.2, 0.25) is 0 Å². The van der Waals surface area contributed by atoms with Crippen molar-refractivity contribution in [2.75, 3.05) is 21.3 Å². The van der Waals surface area contributed by atoms with E-state index in [0.717, 1.165) is 35.5 Å². The lowest BCUT2D eigenvalue weighted by Crippen LogP contribution is -2.31. The van der Waals surface area contributed by atoms with Gasteiger partial charge in [-0.25, -0.2) is 4.99 Å². The summed E-state index contributed by atoms with van der Waals surface area (Å²) in [5, 5.41) is 3.13. The molecule has 0 radical (unpaired) electrons. The summed E-state index contributed by atoms with van der Waals surface area (Å²) in [6.45, 7) is 0.990. The second-order valence-electron chi connectivity index (χ2n) is 7.25. The van der Waals surface area contributed by atoms with Crippen molar-refractivity contribution in [3.05, 3.63) is 47.5 Å². The Morgan fingerprint density at radius 2 is 1.48 bits per heavy atom. The van der Waals surface area contributed by atoms with E-state index < -0.39 is 0 Å². The largest absolute Gasteiger partial charge is 0.493 e. The van der Waals surface area contributed by atoms with Gasteiger partial charge < -0.3 is 30.0 Å². The SMILES string of the molecule is COc1ccc(CNC(N)=NCc2ccc(OC)c(OC3CCCC3)c2)cc1OC.I. The summed E-state index contributed by atoms with van der Waals surface area (Å²) in [6, 6.07) is 11.6. The monoisotopic (exact) mass is 541 g/mol. The maximum absolute atomic E-state index is 6.15. The van der Waals surface area contributed by atoms with Crippen molar-refractivity contribution in [3.63, 3.8) is 0 Å². The fourth-order valence-electron chi connectivity index (χ4n) is 3.51. The molecule has 3 N–H and O–H groups in total. The quantitative estimate of drug-likeness (QED) is 0.281. The van der Waals surface area contributed by atoms with Crippen LogP contribution < -0.4 is 30.0 Å². The molecule has 31 heavy (non-hydrogen) atoms. The third-order valence-electron chi connectivity index (χ3n) is 5.18. The van der Waals surface area contributed by atoms with Gasteiger partial charge in [-0.1, -0.05) is 12.1 Å². The summed E-state index contributed by atoms with van der Waals surface area (Å²) in [7, 11) is 4.89. The minimum Gasteiger partial charge on any atom is -0.493 e. The first kappa shape index (κ1) is 24.9. The fraction of sp³-hybridized carbons (Fsp3) is 0.435. The van der Waals surface area contributed by atoms with E-state index >= 15 is 0 Å². The van der Waals surface area contributed by atoms with Crippen LogP contribution in [-0.2, 0) is 13.1 Å². The van der Waals surface area contributed by atoms with Crippen LogP contribution in [0.25, 0.3) is 0 Å². The zero-order valence-corrected chi connectivity index (χ0v) is 20.7. The van der Waals surface area contributed by atoms with E-state index in [4.69, 9.17) is 24.7 Å². The van der Waals surface area contributed by atoms with Crippen LogP contribution in [0.5, 0.6) is 23.0 Å². The van der Waals surface area contributed by atoms with Crippen molar-refractivity contribution in [3.8, 4) is 23.0 Å². The molecule has 8 heteroatoms. The van der Waals surface area contributed by atoms with E-state index in [1.807, 2.05) is 36.4 Å². The number of halogens is 1. The van der Waals surface area contributed by atoms with E-state index in [2.05, 4.69) is 10.3 Å². The summed E-state index contributed by atoms with van der Waals surface area (Å²) in [4.78, 5) is 4.45. The molecule has 0 aliphatic heterocycles. The fourth-order valence-corrected chi connectivity index (χ4v) is 3.51. The zero-order chi connectivity index (χ0) is 21.3. The van der Waals surface area contributed by atoms with Crippen LogP contribution in [0.3, 0.4) is 0 Å². The van der Waals surface area contributed by atoms with Crippen LogP contribution in [0, 0.1) is 0 Å². The van der Waals surface area contributed by atoms with Gasteiger partial charge in [0.05, 0.1) is 34.0 Å². The molecule has 1 aliphatic carbocycles. The van der Waals surface area contributed by atoms with Crippen molar-refractivity contribution < 1.29 is 18.9 Å². The van der Waals surface area contributed by atoms with Crippen molar-refractivity contribution in [2.45, 2.75) is 44.9 Å². The van der Waals surface area contributed by atoms with Gasteiger partial charge >= 0.3 is 0 Å². The Labute approximate surface area is 201 Å². The van der Waals surface area contributed by atoms with Gasteiger partial charge in [0.25, 0.3) is 0 Å². The highest BCUT2D eigenvalue weighted by molar-refractivity contribution is 14.0. The zero-order valence-electron chi connectivity index (χ0n) is 18.3. The van der Waals surface area contributed by atoms with E-state index in [-0.39, 0.29) is 30.1 Å². The average Bonchev–Trinajstić information content (AvgIpc) is 3.29. The molecule has 3 rings (SSSR count). The van der Waals surface area contributed by atoms with Crippen molar-refractivity contribution in [2.24, 2.45) is 10.7 Å². The van der Waals surface area contributed by atoms with E-state index in [1.54, 1.807) is 21.3 Å².